The summed E-state index contributed by atoms with van der Waals surface area (Å²) in [5.74, 6) is 0.136. The Hall–Kier alpha value is -1.95. The molecule has 2 N–H and O–H groups in total. The first-order valence-corrected chi connectivity index (χ1v) is 8.66. The van der Waals surface area contributed by atoms with Crippen LogP contribution in [0.4, 0.5) is 5.69 Å². The Balaban J connectivity index is 1.96. The van der Waals surface area contributed by atoms with Gasteiger partial charge < -0.3 is 10.4 Å². The van der Waals surface area contributed by atoms with Crippen LogP contribution in [0.15, 0.2) is 24.3 Å². The molecular weight excluding hydrogens is 308 g/mol. The third-order valence-electron chi connectivity index (χ3n) is 5.02. The van der Waals surface area contributed by atoms with E-state index in [1.54, 1.807) is 12.1 Å². The zero-order chi connectivity index (χ0) is 17.5. The first-order valence-electron chi connectivity index (χ1n) is 8.66. The molecule has 1 aromatic rings. The summed E-state index contributed by atoms with van der Waals surface area (Å²) in [6.45, 7) is 2.77. The van der Waals surface area contributed by atoms with Gasteiger partial charge in [0.05, 0.1) is 4.92 Å². The van der Waals surface area contributed by atoms with E-state index in [1.165, 1.54) is 37.8 Å². The highest BCUT2D eigenvalue weighted by Gasteiger charge is 2.29. The number of non-ortho nitro benzene ring substituents is 1. The van der Waals surface area contributed by atoms with Gasteiger partial charge in [0.1, 0.15) is 0 Å². The molecule has 24 heavy (non-hydrogen) atoms. The normalized spacial score (nSPS) is 17.5. The smallest absolute Gasteiger partial charge is 0.303 e. The fourth-order valence-corrected chi connectivity index (χ4v) is 3.65. The van der Waals surface area contributed by atoms with Gasteiger partial charge in [-0.3, -0.25) is 14.9 Å². The number of hydrogen-bond donors (Lipinski definition) is 2. The maximum atomic E-state index is 10.8. The number of nitro benzene ring substituents is 1. The van der Waals surface area contributed by atoms with E-state index >= 15 is 0 Å². The molecule has 6 heteroatoms. The van der Waals surface area contributed by atoms with Crippen LogP contribution < -0.4 is 5.32 Å². The van der Waals surface area contributed by atoms with Crippen molar-refractivity contribution >= 4 is 11.7 Å². The second-order valence-electron chi connectivity index (χ2n) is 6.78. The van der Waals surface area contributed by atoms with Crippen LogP contribution in [0.1, 0.15) is 51.0 Å². The number of nitro groups is 1. The maximum Gasteiger partial charge on any atom is 0.303 e. The van der Waals surface area contributed by atoms with E-state index in [0.29, 0.717) is 30.8 Å². The van der Waals surface area contributed by atoms with E-state index in [2.05, 4.69) is 12.2 Å². The largest absolute Gasteiger partial charge is 0.481 e. The Morgan fingerprint density at radius 1 is 1.33 bits per heavy atom. The Morgan fingerprint density at radius 2 is 1.96 bits per heavy atom. The minimum absolute atomic E-state index is 0.0981. The van der Waals surface area contributed by atoms with Crippen molar-refractivity contribution in [2.45, 2.75) is 58.0 Å². The number of carboxylic acids is 1. The van der Waals surface area contributed by atoms with E-state index in [0.717, 1.165) is 5.56 Å². The number of benzene rings is 1. The molecule has 0 aliphatic heterocycles. The summed E-state index contributed by atoms with van der Waals surface area (Å²) in [7, 11) is 0. The molecule has 1 aliphatic rings. The summed E-state index contributed by atoms with van der Waals surface area (Å²) < 4.78 is 0. The quantitative estimate of drug-likeness (QED) is 0.530. The molecule has 1 aliphatic carbocycles. The van der Waals surface area contributed by atoms with Gasteiger partial charge in [-0.2, -0.15) is 0 Å². The van der Waals surface area contributed by atoms with E-state index in [-0.39, 0.29) is 12.1 Å². The van der Waals surface area contributed by atoms with Crippen LogP contribution in [-0.2, 0) is 11.3 Å². The molecule has 0 bridgehead atoms. The third-order valence-corrected chi connectivity index (χ3v) is 5.02. The van der Waals surface area contributed by atoms with E-state index in [4.69, 9.17) is 5.11 Å². The molecule has 1 fully saturated rings. The Labute approximate surface area is 142 Å². The highest BCUT2D eigenvalue weighted by Crippen LogP contribution is 2.32. The Bertz CT molecular complexity index is 553. The first kappa shape index (κ1) is 18.4. The van der Waals surface area contributed by atoms with Crippen molar-refractivity contribution in [3.63, 3.8) is 0 Å². The summed E-state index contributed by atoms with van der Waals surface area (Å²) in [5, 5.41) is 23.2. The van der Waals surface area contributed by atoms with Crippen LogP contribution >= 0.6 is 0 Å². The summed E-state index contributed by atoms with van der Waals surface area (Å²) in [6, 6.07) is 6.89. The number of carbonyl (C=O) groups is 1. The Morgan fingerprint density at radius 3 is 2.50 bits per heavy atom. The van der Waals surface area contributed by atoms with E-state index in [1.807, 2.05) is 0 Å². The zero-order valence-electron chi connectivity index (χ0n) is 14.1. The average Bonchev–Trinajstić information content (AvgIpc) is 3.07. The Kier molecular flexibility index (Phi) is 6.73. The lowest BCUT2D eigenvalue weighted by Crippen LogP contribution is -2.40. The van der Waals surface area contributed by atoms with Gasteiger partial charge in [-0.25, -0.2) is 0 Å². The maximum absolute atomic E-state index is 10.8. The lowest BCUT2D eigenvalue weighted by atomic mass is 9.85. The average molecular weight is 334 g/mol. The van der Waals surface area contributed by atoms with Crippen LogP contribution in [0.5, 0.6) is 0 Å². The number of carboxylic acid groups (broad SMARTS) is 1. The molecule has 6 nitrogen and oxygen atoms in total. The second-order valence-corrected chi connectivity index (χ2v) is 6.78. The molecule has 2 unspecified atom stereocenters. The van der Waals surface area contributed by atoms with Gasteiger partial charge in [0.25, 0.3) is 5.69 Å². The fourth-order valence-electron chi connectivity index (χ4n) is 3.65. The third kappa shape index (κ3) is 5.30. The molecule has 132 valence electrons. The van der Waals surface area contributed by atoms with Gasteiger partial charge in [-0.15, -0.1) is 0 Å². The number of rotatable bonds is 9. The highest BCUT2D eigenvalue weighted by molar-refractivity contribution is 5.66. The van der Waals surface area contributed by atoms with Crippen LogP contribution in [0.25, 0.3) is 0 Å². The first-order chi connectivity index (χ1) is 11.5. The topological polar surface area (TPSA) is 92.5 Å². The molecule has 0 heterocycles. The molecule has 0 amide bonds. The second kappa shape index (κ2) is 8.78. The predicted molar refractivity (Wildman–Crippen MR) is 91.7 cm³/mol. The van der Waals surface area contributed by atoms with Gasteiger partial charge in [0.15, 0.2) is 0 Å². The summed E-state index contributed by atoms with van der Waals surface area (Å²) in [4.78, 5) is 21.2. The highest BCUT2D eigenvalue weighted by atomic mass is 16.6. The van der Waals surface area contributed by atoms with Gasteiger partial charge in [-0.05, 0) is 36.7 Å². The van der Waals surface area contributed by atoms with Crippen LogP contribution in [-0.4, -0.2) is 22.0 Å². The summed E-state index contributed by atoms with van der Waals surface area (Å²) in [6.07, 6.45) is 5.73. The minimum Gasteiger partial charge on any atom is -0.481 e. The van der Waals surface area contributed by atoms with Gasteiger partial charge in [-0.1, -0.05) is 31.9 Å². The van der Waals surface area contributed by atoms with Crippen LogP contribution in [0.2, 0.25) is 0 Å². The number of hydrogen-bond acceptors (Lipinski definition) is 4. The lowest BCUT2D eigenvalue weighted by Gasteiger charge is -2.30. The van der Waals surface area contributed by atoms with Crippen molar-refractivity contribution in [3.8, 4) is 0 Å². The molecule has 1 aromatic carbocycles. The van der Waals surface area contributed by atoms with E-state index in [9.17, 15) is 14.9 Å². The van der Waals surface area contributed by atoms with Crippen LogP contribution in [0.3, 0.4) is 0 Å². The molecule has 0 aromatic heterocycles. The molecule has 0 radical (unpaired) electrons. The number of nitrogens with one attached hydrogen (secondary N) is 1. The minimum atomic E-state index is -0.748. The zero-order valence-corrected chi connectivity index (χ0v) is 14.1. The van der Waals surface area contributed by atoms with Crippen molar-refractivity contribution in [1.29, 1.82) is 0 Å². The summed E-state index contributed by atoms with van der Waals surface area (Å²) in [5.41, 5.74) is 1.11. The molecule has 2 atom stereocenters. The molecule has 1 saturated carbocycles. The predicted octanol–water partition coefficient (Wildman–Crippen LogP) is 3.74. The van der Waals surface area contributed by atoms with Gasteiger partial charge >= 0.3 is 5.97 Å². The van der Waals surface area contributed by atoms with Crippen LogP contribution in [0, 0.1) is 22.0 Å². The monoisotopic (exact) mass is 334 g/mol. The van der Waals surface area contributed by atoms with Gasteiger partial charge in [0.2, 0.25) is 0 Å². The molecular formula is C18H26N2O4. The SMILES string of the molecule is CC(CCC(=O)O)C(NCc1ccc([N+](=O)[O-])cc1)C1CCCC1. The number of nitrogens with zero attached hydrogens (tertiary/aromatic N) is 1. The van der Waals surface area contributed by atoms with Crippen molar-refractivity contribution in [1.82, 2.24) is 5.32 Å². The van der Waals surface area contributed by atoms with Crippen molar-refractivity contribution in [2.24, 2.45) is 11.8 Å². The van der Waals surface area contributed by atoms with E-state index < -0.39 is 10.9 Å². The van der Waals surface area contributed by atoms with Crippen molar-refractivity contribution in [3.05, 3.63) is 39.9 Å². The molecule has 2 rings (SSSR count). The number of aliphatic carboxylic acids is 1. The standard InChI is InChI=1S/C18H26N2O4/c1-13(6-11-17(21)22)18(15-4-2-3-5-15)19-12-14-7-9-16(10-8-14)20(23)24/h7-10,13,15,18-19H,2-6,11-12H2,1H3,(H,21,22). The van der Waals surface area contributed by atoms with Crippen molar-refractivity contribution in [2.75, 3.05) is 0 Å². The van der Waals surface area contributed by atoms with Crippen molar-refractivity contribution < 1.29 is 14.8 Å². The fraction of sp³-hybridized carbons (Fsp3) is 0.611. The lowest BCUT2D eigenvalue weighted by molar-refractivity contribution is -0.384. The molecule has 0 spiro atoms. The van der Waals surface area contributed by atoms with Gasteiger partial charge in [0, 0.05) is 31.1 Å². The summed E-state index contributed by atoms with van der Waals surface area (Å²) >= 11 is 0. The molecule has 0 saturated heterocycles.